The van der Waals surface area contributed by atoms with Gasteiger partial charge >= 0.3 is 0 Å². The zero-order valence-corrected chi connectivity index (χ0v) is 19.1. The van der Waals surface area contributed by atoms with Crippen molar-refractivity contribution in [1.29, 1.82) is 0 Å². The number of halogens is 3. The molecule has 1 aliphatic heterocycles. The standard InChI is InChI=1S/C26H17Cl2FN2O3/c27-25-16-5-1-2-6-17(16)26(28,19-8-4-3-7-18(19)25)22-21(25)23(33)31(24(22)34)13-20(32)30-15-11-9-14(29)10-12-15/h1-12,21-22H,13H2,(H,30,32)/t21-,22-,25?,26?/m1/s1. The molecule has 1 heterocycles. The molecule has 2 bridgehead atoms. The van der Waals surface area contributed by atoms with Gasteiger partial charge in [0.15, 0.2) is 0 Å². The molecule has 8 heteroatoms. The minimum absolute atomic E-state index is 0.352. The predicted octanol–water partition coefficient (Wildman–Crippen LogP) is 4.36. The molecular weight excluding hydrogens is 478 g/mol. The maximum atomic E-state index is 13.7. The number of hydrogen-bond donors (Lipinski definition) is 1. The number of anilines is 1. The molecule has 0 unspecified atom stereocenters. The van der Waals surface area contributed by atoms with Gasteiger partial charge in [-0.1, -0.05) is 48.5 Å². The summed E-state index contributed by atoms with van der Waals surface area (Å²) in [6, 6.07) is 19.9. The van der Waals surface area contributed by atoms with Crippen molar-refractivity contribution in [2.75, 3.05) is 11.9 Å². The van der Waals surface area contributed by atoms with E-state index in [1.165, 1.54) is 24.3 Å². The summed E-state index contributed by atoms with van der Waals surface area (Å²) >= 11 is 14.7. The lowest BCUT2D eigenvalue weighted by molar-refractivity contribution is -0.142. The first-order valence-corrected chi connectivity index (χ1v) is 11.5. The third-order valence-electron chi connectivity index (χ3n) is 7.11. The van der Waals surface area contributed by atoms with Gasteiger partial charge in [0.05, 0.1) is 11.8 Å². The second kappa shape index (κ2) is 7.14. The summed E-state index contributed by atoms with van der Waals surface area (Å²) in [5, 5.41) is 2.59. The van der Waals surface area contributed by atoms with Gasteiger partial charge in [-0.25, -0.2) is 4.39 Å². The first-order valence-electron chi connectivity index (χ1n) is 10.8. The van der Waals surface area contributed by atoms with Crippen LogP contribution in [0.25, 0.3) is 0 Å². The molecular formula is C26H17Cl2FN2O3. The van der Waals surface area contributed by atoms with E-state index in [2.05, 4.69) is 5.32 Å². The second-order valence-electron chi connectivity index (χ2n) is 8.79. The summed E-state index contributed by atoms with van der Waals surface area (Å²) in [6.45, 7) is -0.491. The van der Waals surface area contributed by atoms with Crippen molar-refractivity contribution in [3.63, 3.8) is 0 Å². The number of hydrogen-bond acceptors (Lipinski definition) is 3. The van der Waals surface area contributed by atoms with Crippen molar-refractivity contribution < 1.29 is 18.8 Å². The lowest BCUT2D eigenvalue weighted by atomic mass is 9.54. The SMILES string of the molecule is O=C(CN1C(=O)[C@H]2[C@H](C1=O)C1(Cl)c3ccccc3C2(Cl)c2ccccc21)Nc1ccc(F)cc1. The Morgan fingerprint density at radius 1 is 0.794 bits per heavy atom. The lowest BCUT2D eigenvalue weighted by Gasteiger charge is -2.54. The number of benzene rings is 3. The van der Waals surface area contributed by atoms with Gasteiger partial charge in [0.2, 0.25) is 17.7 Å². The van der Waals surface area contributed by atoms with Crippen LogP contribution in [0.4, 0.5) is 10.1 Å². The lowest BCUT2D eigenvalue weighted by Crippen LogP contribution is -2.57. The minimum Gasteiger partial charge on any atom is -0.325 e. The highest BCUT2D eigenvalue weighted by atomic mass is 35.5. The van der Waals surface area contributed by atoms with Gasteiger partial charge in [0, 0.05) is 5.69 Å². The fraction of sp³-hybridized carbons (Fsp3) is 0.192. The van der Waals surface area contributed by atoms with E-state index in [1.54, 1.807) is 0 Å². The molecule has 0 saturated carbocycles. The molecule has 4 aliphatic rings. The zero-order chi connectivity index (χ0) is 23.8. The molecule has 34 heavy (non-hydrogen) atoms. The minimum atomic E-state index is -1.29. The number of nitrogens with one attached hydrogen (secondary N) is 1. The maximum absolute atomic E-state index is 13.7. The molecule has 3 aromatic carbocycles. The number of carbonyl (C=O) groups is 3. The molecule has 2 atom stereocenters. The van der Waals surface area contributed by atoms with Gasteiger partial charge in [0.1, 0.15) is 22.1 Å². The molecule has 5 nitrogen and oxygen atoms in total. The average Bonchev–Trinajstić information content (AvgIpc) is 3.10. The van der Waals surface area contributed by atoms with Crippen LogP contribution < -0.4 is 5.32 Å². The van der Waals surface area contributed by atoms with Crippen LogP contribution in [0.3, 0.4) is 0 Å². The van der Waals surface area contributed by atoms with E-state index in [-0.39, 0.29) is 0 Å². The molecule has 1 fully saturated rings. The smallest absolute Gasteiger partial charge is 0.244 e. The molecule has 1 N–H and O–H groups in total. The Balaban J connectivity index is 1.42. The number of rotatable bonds is 3. The Morgan fingerprint density at radius 3 is 1.62 bits per heavy atom. The fourth-order valence-corrected chi connectivity index (χ4v) is 6.86. The molecule has 170 valence electrons. The van der Waals surface area contributed by atoms with Crippen molar-refractivity contribution in [3.05, 3.63) is 101 Å². The van der Waals surface area contributed by atoms with Gasteiger partial charge in [-0.3, -0.25) is 19.3 Å². The van der Waals surface area contributed by atoms with Crippen LogP contribution in [-0.2, 0) is 24.1 Å². The third kappa shape index (κ3) is 2.58. The van der Waals surface area contributed by atoms with E-state index in [0.717, 1.165) is 4.90 Å². The quantitative estimate of drug-likeness (QED) is 0.434. The fourth-order valence-electron chi connectivity index (χ4n) is 5.76. The van der Waals surface area contributed by atoms with E-state index in [0.29, 0.717) is 27.9 Å². The molecule has 7 rings (SSSR count). The monoisotopic (exact) mass is 494 g/mol. The van der Waals surface area contributed by atoms with Gasteiger partial charge in [-0.2, -0.15) is 0 Å². The van der Waals surface area contributed by atoms with Crippen LogP contribution >= 0.6 is 23.2 Å². The second-order valence-corrected chi connectivity index (χ2v) is 9.98. The Labute approximate surface area is 204 Å². The Hall–Kier alpha value is -3.22. The highest BCUT2D eigenvalue weighted by Crippen LogP contribution is 2.69. The molecule has 3 aromatic rings. The largest absolute Gasteiger partial charge is 0.325 e. The van der Waals surface area contributed by atoms with Crippen LogP contribution in [0, 0.1) is 17.7 Å². The van der Waals surface area contributed by atoms with Crippen LogP contribution in [0.5, 0.6) is 0 Å². The molecule has 0 radical (unpaired) electrons. The first kappa shape index (κ1) is 21.3. The van der Waals surface area contributed by atoms with Crippen molar-refractivity contribution >= 4 is 46.6 Å². The van der Waals surface area contributed by atoms with Crippen LogP contribution in [0.2, 0.25) is 0 Å². The molecule has 3 aliphatic carbocycles. The van der Waals surface area contributed by atoms with Crippen LogP contribution in [-0.4, -0.2) is 29.2 Å². The van der Waals surface area contributed by atoms with Crippen molar-refractivity contribution in [1.82, 2.24) is 4.90 Å². The van der Waals surface area contributed by atoms with Crippen molar-refractivity contribution in [2.24, 2.45) is 11.8 Å². The zero-order valence-electron chi connectivity index (χ0n) is 17.6. The Bertz CT molecular complexity index is 1270. The van der Waals surface area contributed by atoms with Gasteiger partial charge < -0.3 is 5.32 Å². The van der Waals surface area contributed by atoms with Gasteiger partial charge in [0.25, 0.3) is 0 Å². The summed E-state index contributed by atoms with van der Waals surface area (Å²) in [7, 11) is 0. The number of amides is 3. The molecule has 0 aromatic heterocycles. The Kier molecular flexibility index (Phi) is 4.48. The van der Waals surface area contributed by atoms with E-state index in [9.17, 15) is 18.8 Å². The third-order valence-corrected chi connectivity index (χ3v) is 8.39. The van der Waals surface area contributed by atoms with Crippen molar-refractivity contribution in [2.45, 2.75) is 9.75 Å². The average molecular weight is 495 g/mol. The van der Waals surface area contributed by atoms with Crippen molar-refractivity contribution in [3.8, 4) is 0 Å². The number of carbonyl (C=O) groups excluding carboxylic acids is 3. The normalized spacial score (nSPS) is 28.4. The molecule has 3 amide bonds. The van der Waals surface area contributed by atoms with E-state index in [4.69, 9.17) is 23.2 Å². The van der Waals surface area contributed by atoms with Crippen LogP contribution in [0.1, 0.15) is 22.3 Å². The van der Waals surface area contributed by atoms with Gasteiger partial charge in [-0.05, 0) is 46.5 Å². The predicted molar refractivity (Wildman–Crippen MR) is 125 cm³/mol. The topological polar surface area (TPSA) is 66.5 Å². The van der Waals surface area contributed by atoms with E-state index < -0.39 is 51.7 Å². The summed E-state index contributed by atoms with van der Waals surface area (Å²) in [6.07, 6.45) is 0. The highest BCUT2D eigenvalue weighted by Gasteiger charge is 2.73. The number of alkyl halides is 2. The first-order chi connectivity index (χ1) is 16.3. The Morgan fingerprint density at radius 2 is 1.21 bits per heavy atom. The highest BCUT2D eigenvalue weighted by molar-refractivity contribution is 6.36. The molecule has 1 saturated heterocycles. The number of imide groups is 1. The number of likely N-dealkylation sites (tertiary alicyclic amines) is 1. The summed E-state index contributed by atoms with van der Waals surface area (Å²) in [5.74, 6) is -4.00. The summed E-state index contributed by atoms with van der Waals surface area (Å²) < 4.78 is 13.2. The maximum Gasteiger partial charge on any atom is 0.244 e. The van der Waals surface area contributed by atoms with Crippen LogP contribution in [0.15, 0.2) is 72.8 Å². The molecule has 0 spiro atoms. The summed E-state index contributed by atoms with van der Waals surface area (Å²) in [5.41, 5.74) is 3.15. The van der Waals surface area contributed by atoms with E-state index >= 15 is 0 Å². The van der Waals surface area contributed by atoms with E-state index in [1.807, 2.05) is 48.5 Å². The van der Waals surface area contributed by atoms with Gasteiger partial charge in [-0.15, -0.1) is 23.2 Å². The number of nitrogens with zero attached hydrogens (tertiary/aromatic N) is 1. The summed E-state index contributed by atoms with van der Waals surface area (Å²) in [4.78, 5) is 38.4.